The molecule has 4 heteroatoms. The maximum absolute atomic E-state index is 11.3. The Morgan fingerprint density at radius 3 is 2.53 bits per heavy atom. The van der Waals surface area contributed by atoms with Crippen molar-refractivity contribution in [3.63, 3.8) is 0 Å². The maximum Gasteiger partial charge on any atom is 0.408 e. The van der Waals surface area contributed by atoms with Crippen molar-refractivity contribution in [3.8, 4) is 0 Å². The van der Waals surface area contributed by atoms with E-state index in [0.29, 0.717) is 5.92 Å². The summed E-state index contributed by atoms with van der Waals surface area (Å²) in [7, 11) is 0. The number of hydrogen-bond donors (Lipinski definition) is 1. The Balaban J connectivity index is 2.30. The standard InChI is InChI=1S/C11H19NO3/c1-11(2,3)15-10(14)12-9(7-13)6-8-4-5-8/h7-9H,4-6H2,1-3H3,(H,12,14)/t9-/m1/s1. The first-order valence-corrected chi connectivity index (χ1v) is 5.35. The van der Waals surface area contributed by atoms with Crippen molar-refractivity contribution >= 4 is 12.4 Å². The molecule has 1 atom stereocenters. The van der Waals surface area contributed by atoms with Crippen LogP contribution in [0.4, 0.5) is 4.79 Å². The fourth-order valence-electron chi connectivity index (χ4n) is 1.32. The lowest BCUT2D eigenvalue weighted by molar-refractivity contribution is -0.109. The summed E-state index contributed by atoms with van der Waals surface area (Å²) in [6.07, 6.45) is 3.34. The highest BCUT2D eigenvalue weighted by Gasteiger charge is 2.27. The molecule has 86 valence electrons. The zero-order valence-electron chi connectivity index (χ0n) is 9.58. The number of rotatable bonds is 4. The second kappa shape index (κ2) is 4.64. The number of nitrogens with one attached hydrogen (secondary N) is 1. The first kappa shape index (κ1) is 12.0. The molecular formula is C11H19NO3. The Morgan fingerprint density at radius 2 is 2.13 bits per heavy atom. The van der Waals surface area contributed by atoms with Crippen LogP contribution < -0.4 is 5.32 Å². The van der Waals surface area contributed by atoms with Crippen LogP contribution in [0.3, 0.4) is 0 Å². The molecule has 1 N–H and O–H groups in total. The summed E-state index contributed by atoms with van der Waals surface area (Å²) in [6.45, 7) is 5.39. The zero-order chi connectivity index (χ0) is 11.5. The molecule has 0 bridgehead atoms. The van der Waals surface area contributed by atoms with Crippen LogP contribution in [0.5, 0.6) is 0 Å². The Kier molecular flexibility index (Phi) is 3.72. The topological polar surface area (TPSA) is 55.4 Å². The molecule has 1 aliphatic carbocycles. The van der Waals surface area contributed by atoms with Gasteiger partial charge in [-0.15, -0.1) is 0 Å². The molecular weight excluding hydrogens is 194 g/mol. The number of carbonyl (C=O) groups is 2. The molecule has 1 saturated carbocycles. The van der Waals surface area contributed by atoms with E-state index in [1.165, 1.54) is 12.8 Å². The van der Waals surface area contributed by atoms with Gasteiger partial charge in [0.2, 0.25) is 0 Å². The fraction of sp³-hybridized carbons (Fsp3) is 0.818. The van der Waals surface area contributed by atoms with Gasteiger partial charge in [-0.1, -0.05) is 12.8 Å². The predicted molar refractivity (Wildman–Crippen MR) is 56.6 cm³/mol. The molecule has 15 heavy (non-hydrogen) atoms. The molecule has 0 heterocycles. The highest BCUT2D eigenvalue weighted by atomic mass is 16.6. The quantitative estimate of drug-likeness (QED) is 0.725. The van der Waals surface area contributed by atoms with Crippen molar-refractivity contribution in [1.82, 2.24) is 5.32 Å². The molecule has 0 unspecified atom stereocenters. The maximum atomic E-state index is 11.3. The lowest BCUT2D eigenvalue weighted by atomic mass is 10.1. The number of amides is 1. The lowest BCUT2D eigenvalue weighted by Gasteiger charge is -2.21. The van der Waals surface area contributed by atoms with Crippen LogP contribution in [0.1, 0.15) is 40.0 Å². The predicted octanol–water partition coefficient (Wildman–Crippen LogP) is 1.88. The molecule has 0 aromatic rings. The van der Waals surface area contributed by atoms with E-state index in [9.17, 15) is 9.59 Å². The zero-order valence-corrected chi connectivity index (χ0v) is 9.58. The van der Waals surface area contributed by atoms with Gasteiger partial charge in [-0.05, 0) is 33.1 Å². The van der Waals surface area contributed by atoms with E-state index in [4.69, 9.17) is 4.74 Å². The van der Waals surface area contributed by atoms with Gasteiger partial charge >= 0.3 is 6.09 Å². The molecule has 1 amide bonds. The van der Waals surface area contributed by atoms with Crippen LogP contribution in [0.2, 0.25) is 0 Å². The molecule has 1 rings (SSSR count). The van der Waals surface area contributed by atoms with Crippen molar-refractivity contribution < 1.29 is 14.3 Å². The lowest BCUT2D eigenvalue weighted by Crippen LogP contribution is -2.40. The second-order valence-corrected chi connectivity index (χ2v) is 5.07. The van der Waals surface area contributed by atoms with Crippen molar-refractivity contribution in [2.75, 3.05) is 0 Å². The van der Waals surface area contributed by atoms with E-state index in [0.717, 1.165) is 12.7 Å². The normalized spacial score (nSPS) is 18.1. The van der Waals surface area contributed by atoms with Crippen molar-refractivity contribution in [3.05, 3.63) is 0 Å². The van der Waals surface area contributed by atoms with Gasteiger partial charge in [0.15, 0.2) is 0 Å². The molecule has 0 aromatic carbocycles. The highest BCUT2D eigenvalue weighted by molar-refractivity contribution is 5.73. The third-order valence-corrected chi connectivity index (χ3v) is 2.15. The van der Waals surface area contributed by atoms with Crippen molar-refractivity contribution in [1.29, 1.82) is 0 Å². The molecule has 0 aliphatic heterocycles. The summed E-state index contributed by atoms with van der Waals surface area (Å²) in [5.41, 5.74) is -0.517. The third-order valence-electron chi connectivity index (χ3n) is 2.15. The SMILES string of the molecule is CC(C)(C)OC(=O)N[C@@H](C=O)CC1CC1. The van der Waals surface area contributed by atoms with E-state index in [-0.39, 0.29) is 0 Å². The average Bonchev–Trinajstić information content (AvgIpc) is 2.83. The van der Waals surface area contributed by atoms with E-state index < -0.39 is 17.7 Å². The molecule has 1 fully saturated rings. The Labute approximate surface area is 90.4 Å². The first-order valence-electron chi connectivity index (χ1n) is 5.35. The van der Waals surface area contributed by atoms with E-state index in [1.807, 2.05) is 0 Å². The number of alkyl carbamates (subject to hydrolysis) is 1. The number of ether oxygens (including phenoxy) is 1. The van der Waals surface area contributed by atoms with Gasteiger partial charge in [-0.2, -0.15) is 0 Å². The van der Waals surface area contributed by atoms with Crippen molar-refractivity contribution in [2.45, 2.75) is 51.7 Å². The Hall–Kier alpha value is -1.06. The van der Waals surface area contributed by atoms with Gasteiger partial charge in [0.25, 0.3) is 0 Å². The summed E-state index contributed by atoms with van der Waals surface area (Å²) in [4.78, 5) is 22.0. The summed E-state index contributed by atoms with van der Waals surface area (Å²) >= 11 is 0. The largest absolute Gasteiger partial charge is 0.444 e. The minimum absolute atomic E-state index is 0.396. The Morgan fingerprint density at radius 1 is 1.53 bits per heavy atom. The summed E-state index contributed by atoms with van der Waals surface area (Å²) in [6, 6.07) is -0.396. The molecule has 0 spiro atoms. The van der Waals surface area contributed by atoms with E-state index >= 15 is 0 Å². The smallest absolute Gasteiger partial charge is 0.408 e. The van der Waals surface area contributed by atoms with Crippen LogP contribution in [-0.4, -0.2) is 24.0 Å². The van der Waals surface area contributed by atoms with Gasteiger partial charge in [-0.3, -0.25) is 0 Å². The summed E-state index contributed by atoms with van der Waals surface area (Å²) < 4.78 is 5.06. The van der Waals surface area contributed by atoms with Crippen LogP contribution in [0.15, 0.2) is 0 Å². The minimum Gasteiger partial charge on any atom is -0.444 e. The second-order valence-electron chi connectivity index (χ2n) is 5.07. The van der Waals surface area contributed by atoms with Crippen LogP contribution in [-0.2, 0) is 9.53 Å². The molecule has 0 radical (unpaired) electrons. The van der Waals surface area contributed by atoms with Gasteiger partial charge < -0.3 is 14.8 Å². The van der Waals surface area contributed by atoms with Crippen LogP contribution >= 0.6 is 0 Å². The molecule has 4 nitrogen and oxygen atoms in total. The average molecular weight is 213 g/mol. The first-order chi connectivity index (χ1) is 6.90. The van der Waals surface area contributed by atoms with Crippen LogP contribution in [0, 0.1) is 5.92 Å². The number of hydrogen-bond acceptors (Lipinski definition) is 3. The number of aldehydes is 1. The monoisotopic (exact) mass is 213 g/mol. The van der Waals surface area contributed by atoms with Gasteiger partial charge in [0.05, 0.1) is 6.04 Å². The third kappa shape index (κ3) is 5.40. The van der Waals surface area contributed by atoms with Crippen LogP contribution in [0.25, 0.3) is 0 Å². The van der Waals surface area contributed by atoms with Gasteiger partial charge in [0, 0.05) is 0 Å². The van der Waals surface area contributed by atoms with Crippen molar-refractivity contribution in [2.24, 2.45) is 5.92 Å². The van der Waals surface area contributed by atoms with Gasteiger partial charge in [-0.25, -0.2) is 4.79 Å². The van der Waals surface area contributed by atoms with E-state index in [1.54, 1.807) is 20.8 Å². The van der Waals surface area contributed by atoms with E-state index in [2.05, 4.69) is 5.32 Å². The van der Waals surface area contributed by atoms with Gasteiger partial charge in [0.1, 0.15) is 11.9 Å². The fourth-order valence-corrected chi connectivity index (χ4v) is 1.32. The highest BCUT2D eigenvalue weighted by Crippen LogP contribution is 2.33. The molecule has 0 saturated heterocycles. The summed E-state index contributed by atoms with van der Waals surface area (Å²) in [5.74, 6) is 0.607. The minimum atomic E-state index is -0.517. The molecule has 0 aromatic heterocycles. The molecule has 1 aliphatic rings. The summed E-state index contributed by atoms with van der Waals surface area (Å²) in [5, 5.41) is 2.57. The number of carbonyl (C=O) groups excluding carboxylic acids is 2. The Bertz CT molecular complexity index is 241.